The van der Waals surface area contributed by atoms with Gasteiger partial charge in [0, 0.05) is 22.8 Å². The summed E-state index contributed by atoms with van der Waals surface area (Å²) in [6, 6.07) is 4.21. The van der Waals surface area contributed by atoms with Gasteiger partial charge in [-0.1, -0.05) is 12.1 Å². The van der Waals surface area contributed by atoms with Gasteiger partial charge in [-0.25, -0.2) is 8.42 Å². The number of aryl methyl sites for hydroxylation is 1. The second-order valence-corrected chi connectivity index (χ2v) is 6.31. The van der Waals surface area contributed by atoms with Gasteiger partial charge in [0.15, 0.2) is 0 Å². The molecule has 0 aromatic heterocycles. The summed E-state index contributed by atoms with van der Waals surface area (Å²) in [5.74, 6) is -0.323. The number of amides is 1. The monoisotopic (exact) mass is 287 g/mol. The van der Waals surface area contributed by atoms with Gasteiger partial charge >= 0.3 is 0 Å². The number of nitrogens with one attached hydrogen (secondary N) is 1. The van der Waals surface area contributed by atoms with E-state index in [-0.39, 0.29) is 10.8 Å². The lowest BCUT2D eigenvalue weighted by molar-refractivity contribution is 0.0953. The summed E-state index contributed by atoms with van der Waals surface area (Å²) < 4.78 is 22.4. The molecular weight excluding hydrogens is 274 g/mol. The van der Waals surface area contributed by atoms with Crippen LogP contribution in [0.5, 0.6) is 0 Å². The fourth-order valence-electron chi connectivity index (χ4n) is 1.38. The molecule has 0 unspecified atom stereocenters. The Bertz CT molecular complexity index is 567. The van der Waals surface area contributed by atoms with Crippen molar-refractivity contribution in [3.63, 3.8) is 0 Å². The average molecular weight is 288 g/mol. The number of hydrogen-bond donors (Lipinski definition) is 1. The van der Waals surface area contributed by atoms with Gasteiger partial charge in [0.05, 0.1) is 4.90 Å². The fourth-order valence-corrected chi connectivity index (χ4v) is 2.16. The normalized spacial score (nSPS) is 11.0. The number of benzene rings is 1. The van der Waals surface area contributed by atoms with E-state index >= 15 is 0 Å². The van der Waals surface area contributed by atoms with E-state index in [1.165, 1.54) is 12.1 Å². The zero-order valence-electron chi connectivity index (χ0n) is 9.94. The Hall–Kier alpha value is -1.33. The van der Waals surface area contributed by atoms with Crippen molar-refractivity contribution in [2.45, 2.75) is 18.2 Å². The van der Waals surface area contributed by atoms with Crippen LogP contribution < -0.4 is 5.32 Å². The third-order valence-corrected chi connectivity index (χ3v) is 3.72. The van der Waals surface area contributed by atoms with Crippen LogP contribution in [0.2, 0.25) is 0 Å². The van der Waals surface area contributed by atoms with Crippen LogP contribution in [0.25, 0.3) is 0 Å². The average Bonchev–Trinajstić information content (AvgIpc) is 2.28. The fraction of sp³-hybridized carbons (Fsp3) is 0.250. The molecule has 1 amide bonds. The van der Waals surface area contributed by atoms with Crippen molar-refractivity contribution in [2.24, 2.45) is 0 Å². The SMILES string of the molecule is C=CCCNC(=O)c1cc(S(=O)(=O)Cl)ccc1C. The van der Waals surface area contributed by atoms with Gasteiger partial charge in [-0.05, 0) is 31.0 Å². The van der Waals surface area contributed by atoms with Crippen LogP contribution in [0, 0.1) is 6.92 Å². The maximum Gasteiger partial charge on any atom is 0.261 e. The summed E-state index contributed by atoms with van der Waals surface area (Å²) in [7, 11) is 1.42. The molecule has 0 aliphatic rings. The molecule has 0 saturated carbocycles. The molecule has 1 N–H and O–H groups in total. The van der Waals surface area contributed by atoms with Crippen LogP contribution in [0.1, 0.15) is 22.3 Å². The first-order valence-corrected chi connectivity index (χ1v) is 7.61. The first-order chi connectivity index (χ1) is 8.36. The Morgan fingerprint density at radius 1 is 1.50 bits per heavy atom. The molecular formula is C12H14ClNO3S. The molecule has 0 radical (unpaired) electrons. The summed E-state index contributed by atoms with van der Waals surface area (Å²) in [5.41, 5.74) is 0.996. The molecule has 1 aromatic rings. The molecule has 6 heteroatoms. The molecule has 0 bridgehead atoms. The second kappa shape index (κ2) is 6.02. The number of carbonyl (C=O) groups excluding carboxylic acids is 1. The van der Waals surface area contributed by atoms with Crippen molar-refractivity contribution in [3.05, 3.63) is 42.0 Å². The van der Waals surface area contributed by atoms with E-state index in [0.717, 1.165) is 0 Å². The van der Waals surface area contributed by atoms with E-state index < -0.39 is 9.05 Å². The molecule has 18 heavy (non-hydrogen) atoms. The number of hydrogen-bond acceptors (Lipinski definition) is 3. The Balaban J connectivity index is 3.01. The van der Waals surface area contributed by atoms with Crippen molar-refractivity contribution < 1.29 is 13.2 Å². The van der Waals surface area contributed by atoms with E-state index in [1.54, 1.807) is 19.1 Å². The zero-order chi connectivity index (χ0) is 13.8. The molecule has 0 aliphatic carbocycles. The first kappa shape index (κ1) is 14.7. The lowest BCUT2D eigenvalue weighted by Gasteiger charge is -2.08. The van der Waals surface area contributed by atoms with E-state index in [9.17, 15) is 13.2 Å². The van der Waals surface area contributed by atoms with Crippen molar-refractivity contribution in [2.75, 3.05) is 6.54 Å². The first-order valence-electron chi connectivity index (χ1n) is 5.30. The second-order valence-electron chi connectivity index (χ2n) is 3.75. The van der Waals surface area contributed by atoms with Crippen LogP contribution in [0.4, 0.5) is 0 Å². The van der Waals surface area contributed by atoms with Crippen molar-refractivity contribution in [3.8, 4) is 0 Å². The van der Waals surface area contributed by atoms with Crippen LogP contribution in [0.15, 0.2) is 35.7 Å². The minimum atomic E-state index is -3.82. The highest BCUT2D eigenvalue weighted by atomic mass is 35.7. The van der Waals surface area contributed by atoms with Gasteiger partial charge in [0.2, 0.25) is 0 Å². The van der Waals surface area contributed by atoms with Gasteiger partial charge in [-0.15, -0.1) is 6.58 Å². The topological polar surface area (TPSA) is 63.2 Å². The standard InChI is InChI=1S/C12H14ClNO3S/c1-3-4-7-14-12(15)11-8-10(18(13,16)17)6-5-9(11)2/h3,5-6,8H,1,4,7H2,2H3,(H,14,15). The predicted molar refractivity (Wildman–Crippen MR) is 71.4 cm³/mol. The third kappa shape index (κ3) is 3.85. The molecule has 0 aliphatic heterocycles. The minimum absolute atomic E-state index is 0.0800. The highest BCUT2D eigenvalue weighted by molar-refractivity contribution is 8.13. The Morgan fingerprint density at radius 3 is 2.72 bits per heavy atom. The number of carbonyl (C=O) groups is 1. The molecule has 0 saturated heterocycles. The summed E-state index contributed by atoms with van der Waals surface area (Å²) in [4.78, 5) is 11.8. The van der Waals surface area contributed by atoms with Crippen LogP contribution >= 0.6 is 10.7 Å². The summed E-state index contributed by atoms with van der Waals surface area (Å²) >= 11 is 0. The zero-order valence-corrected chi connectivity index (χ0v) is 11.5. The van der Waals surface area contributed by atoms with Crippen molar-refractivity contribution in [1.29, 1.82) is 0 Å². The Morgan fingerprint density at radius 2 is 2.17 bits per heavy atom. The van der Waals surface area contributed by atoms with Gasteiger partial charge in [-0.3, -0.25) is 4.79 Å². The van der Waals surface area contributed by atoms with Crippen LogP contribution in [0.3, 0.4) is 0 Å². The number of rotatable bonds is 5. The maximum atomic E-state index is 11.8. The third-order valence-electron chi connectivity index (χ3n) is 2.37. The van der Waals surface area contributed by atoms with Gasteiger partial charge in [-0.2, -0.15) is 0 Å². The summed E-state index contributed by atoms with van der Waals surface area (Å²) in [6.07, 6.45) is 2.34. The molecule has 1 rings (SSSR count). The lowest BCUT2D eigenvalue weighted by atomic mass is 10.1. The van der Waals surface area contributed by atoms with Gasteiger partial charge < -0.3 is 5.32 Å². The molecule has 0 heterocycles. The predicted octanol–water partition coefficient (Wildman–Crippen LogP) is 2.23. The highest BCUT2D eigenvalue weighted by Crippen LogP contribution is 2.19. The summed E-state index contributed by atoms with van der Waals surface area (Å²) in [6.45, 7) is 5.73. The van der Waals surface area contributed by atoms with Crippen LogP contribution in [-0.2, 0) is 9.05 Å². The molecule has 0 fully saturated rings. The van der Waals surface area contributed by atoms with Crippen molar-refractivity contribution in [1.82, 2.24) is 5.32 Å². The highest BCUT2D eigenvalue weighted by Gasteiger charge is 2.15. The maximum absolute atomic E-state index is 11.8. The largest absolute Gasteiger partial charge is 0.352 e. The van der Waals surface area contributed by atoms with Crippen molar-refractivity contribution >= 4 is 25.6 Å². The Kier molecular flexibility index (Phi) is 4.93. The smallest absolute Gasteiger partial charge is 0.261 e. The van der Waals surface area contributed by atoms with Crippen LogP contribution in [-0.4, -0.2) is 20.9 Å². The van der Waals surface area contributed by atoms with E-state index in [2.05, 4.69) is 11.9 Å². The number of halogens is 1. The van der Waals surface area contributed by atoms with E-state index in [1.807, 2.05) is 0 Å². The Labute approximate surface area is 111 Å². The molecule has 1 aromatic carbocycles. The molecule has 98 valence electrons. The molecule has 0 spiro atoms. The quantitative estimate of drug-likeness (QED) is 0.513. The summed E-state index contributed by atoms with van der Waals surface area (Å²) in [5, 5.41) is 2.67. The van der Waals surface area contributed by atoms with Gasteiger partial charge in [0.1, 0.15) is 0 Å². The van der Waals surface area contributed by atoms with E-state index in [4.69, 9.17) is 10.7 Å². The van der Waals surface area contributed by atoms with E-state index in [0.29, 0.717) is 24.1 Å². The van der Waals surface area contributed by atoms with Gasteiger partial charge in [0.25, 0.3) is 15.0 Å². The molecule has 4 nitrogen and oxygen atoms in total. The molecule has 0 atom stereocenters. The lowest BCUT2D eigenvalue weighted by Crippen LogP contribution is -2.25. The minimum Gasteiger partial charge on any atom is -0.352 e.